The van der Waals surface area contributed by atoms with E-state index in [1.807, 2.05) is 30.3 Å². The summed E-state index contributed by atoms with van der Waals surface area (Å²) >= 11 is 0. The van der Waals surface area contributed by atoms with Gasteiger partial charge in [0.25, 0.3) is 0 Å². The Morgan fingerprint density at radius 2 is 1.46 bits per heavy atom. The molecule has 0 aliphatic carbocycles. The fourth-order valence-electron chi connectivity index (χ4n) is 2.86. The summed E-state index contributed by atoms with van der Waals surface area (Å²) in [5, 5.41) is 0. The summed E-state index contributed by atoms with van der Waals surface area (Å²) in [6.45, 7) is 1.60. The highest BCUT2D eigenvalue weighted by atomic mass is 16.5. The monoisotopic (exact) mass is 375 g/mol. The zero-order valence-corrected chi connectivity index (χ0v) is 15.1. The molecule has 6 heteroatoms. The molecule has 0 aliphatic rings. The summed E-state index contributed by atoms with van der Waals surface area (Å²) < 4.78 is 17.6. The van der Waals surface area contributed by atoms with Gasteiger partial charge in [-0.25, -0.2) is 9.59 Å². The van der Waals surface area contributed by atoms with Crippen molar-refractivity contribution in [1.82, 2.24) is 4.57 Å². The normalized spacial score (nSPS) is 11.9. The van der Waals surface area contributed by atoms with Gasteiger partial charge in [0, 0.05) is 0 Å². The Morgan fingerprint density at radius 3 is 2.21 bits per heavy atom. The summed E-state index contributed by atoms with van der Waals surface area (Å²) in [5.74, 6) is 0.531. The number of carbonyl (C=O) groups is 1. The van der Waals surface area contributed by atoms with Crippen molar-refractivity contribution >= 4 is 17.1 Å². The van der Waals surface area contributed by atoms with Crippen LogP contribution in [0, 0.1) is 0 Å². The first kappa shape index (κ1) is 17.6. The SMILES string of the molecule is CC(C(=O)Oc1ccc(Oc2ccccc2)cc1)n1c(=O)oc2ccccc21. The van der Waals surface area contributed by atoms with Crippen molar-refractivity contribution in [3.8, 4) is 17.2 Å². The Labute approximate surface area is 160 Å². The minimum absolute atomic E-state index is 0.359. The zero-order chi connectivity index (χ0) is 19.5. The average molecular weight is 375 g/mol. The van der Waals surface area contributed by atoms with Crippen LogP contribution in [0.2, 0.25) is 0 Å². The smallest absolute Gasteiger partial charge is 0.420 e. The number of hydrogen-bond acceptors (Lipinski definition) is 5. The third-order valence-corrected chi connectivity index (χ3v) is 4.27. The van der Waals surface area contributed by atoms with Crippen molar-refractivity contribution in [3.63, 3.8) is 0 Å². The van der Waals surface area contributed by atoms with Gasteiger partial charge in [-0.05, 0) is 55.5 Å². The number of aromatic nitrogens is 1. The van der Waals surface area contributed by atoms with Crippen LogP contribution in [0.3, 0.4) is 0 Å². The van der Waals surface area contributed by atoms with Gasteiger partial charge >= 0.3 is 11.7 Å². The average Bonchev–Trinajstić information content (AvgIpc) is 3.05. The minimum atomic E-state index is -0.837. The molecule has 3 aromatic carbocycles. The van der Waals surface area contributed by atoms with E-state index in [1.54, 1.807) is 55.5 Å². The fraction of sp³-hybridized carbons (Fsp3) is 0.0909. The van der Waals surface area contributed by atoms with Crippen molar-refractivity contribution in [2.24, 2.45) is 0 Å². The van der Waals surface area contributed by atoms with Crippen LogP contribution in [-0.2, 0) is 4.79 Å². The van der Waals surface area contributed by atoms with Gasteiger partial charge in [0.2, 0.25) is 0 Å². The van der Waals surface area contributed by atoms with Crippen molar-refractivity contribution in [2.45, 2.75) is 13.0 Å². The van der Waals surface area contributed by atoms with E-state index in [-0.39, 0.29) is 0 Å². The molecule has 0 bridgehead atoms. The highest BCUT2D eigenvalue weighted by Gasteiger charge is 2.23. The maximum Gasteiger partial charge on any atom is 0.420 e. The molecule has 1 aromatic heterocycles. The van der Waals surface area contributed by atoms with Crippen molar-refractivity contribution < 1.29 is 18.7 Å². The molecule has 0 N–H and O–H groups in total. The topological polar surface area (TPSA) is 70.7 Å². The Bertz CT molecular complexity index is 1160. The van der Waals surface area contributed by atoms with Crippen molar-refractivity contribution in [2.75, 3.05) is 0 Å². The molecule has 1 unspecified atom stereocenters. The van der Waals surface area contributed by atoms with E-state index in [2.05, 4.69) is 0 Å². The molecule has 0 radical (unpaired) electrons. The highest BCUT2D eigenvalue weighted by molar-refractivity contribution is 5.80. The summed E-state index contributed by atoms with van der Waals surface area (Å²) in [5.41, 5.74) is 0.970. The van der Waals surface area contributed by atoms with E-state index in [4.69, 9.17) is 13.9 Å². The number of nitrogens with zero attached hydrogens (tertiary/aromatic N) is 1. The van der Waals surface area contributed by atoms with Crippen LogP contribution >= 0.6 is 0 Å². The number of carbonyl (C=O) groups excluding carboxylic acids is 1. The van der Waals surface area contributed by atoms with Crippen LogP contribution in [0.5, 0.6) is 17.2 Å². The lowest BCUT2D eigenvalue weighted by molar-refractivity contribution is -0.137. The molecule has 4 aromatic rings. The lowest BCUT2D eigenvalue weighted by atomic mass is 10.2. The summed E-state index contributed by atoms with van der Waals surface area (Å²) in [7, 11) is 0. The summed E-state index contributed by atoms with van der Waals surface area (Å²) in [4.78, 5) is 24.7. The van der Waals surface area contributed by atoms with E-state index in [9.17, 15) is 9.59 Å². The number of esters is 1. The van der Waals surface area contributed by atoms with Gasteiger partial charge < -0.3 is 13.9 Å². The number of rotatable bonds is 5. The molecule has 0 fully saturated rings. The molecule has 1 atom stereocenters. The van der Waals surface area contributed by atoms with E-state index >= 15 is 0 Å². The lowest BCUT2D eigenvalue weighted by Crippen LogP contribution is -2.28. The second kappa shape index (κ2) is 7.44. The molecule has 6 nitrogen and oxygen atoms in total. The maximum absolute atomic E-state index is 12.5. The third kappa shape index (κ3) is 3.53. The van der Waals surface area contributed by atoms with E-state index < -0.39 is 17.8 Å². The number of para-hydroxylation sites is 3. The molecule has 0 amide bonds. The molecule has 4 rings (SSSR count). The van der Waals surface area contributed by atoms with Gasteiger partial charge in [0.15, 0.2) is 5.58 Å². The first-order valence-corrected chi connectivity index (χ1v) is 8.76. The Hall–Kier alpha value is -3.80. The Balaban J connectivity index is 1.48. The third-order valence-electron chi connectivity index (χ3n) is 4.27. The molecular formula is C22H17NO5. The van der Waals surface area contributed by atoms with Crippen molar-refractivity contribution in [1.29, 1.82) is 0 Å². The number of hydrogen-bond donors (Lipinski definition) is 0. The van der Waals surface area contributed by atoms with Gasteiger partial charge in [0.05, 0.1) is 5.52 Å². The second-order valence-electron chi connectivity index (χ2n) is 6.19. The number of fused-ring (bicyclic) bond motifs is 1. The number of ether oxygens (including phenoxy) is 2. The van der Waals surface area contributed by atoms with Crippen LogP contribution in [0.1, 0.15) is 13.0 Å². The molecule has 0 aliphatic heterocycles. The van der Waals surface area contributed by atoms with Gasteiger partial charge in [-0.1, -0.05) is 30.3 Å². The van der Waals surface area contributed by atoms with E-state index in [0.717, 1.165) is 0 Å². The summed E-state index contributed by atoms with van der Waals surface area (Å²) in [6, 6.07) is 22.2. The maximum atomic E-state index is 12.5. The first-order valence-electron chi connectivity index (χ1n) is 8.76. The van der Waals surface area contributed by atoms with Crippen LogP contribution in [0.4, 0.5) is 0 Å². The lowest BCUT2D eigenvalue weighted by Gasteiger charge is -2.12. The van der Waals surface area contributed by atoms with Crippen LogP contribution in [0.25, 0.3) is 11.1 Å². The highest BCUT2D eigenvalue weighted by Crippen LogP contribution is 2.24. The van der Waals surface area contributed by atoms with Gasteiger partial charge in [-0.15, -0.1) is 0 Å². The summed E-state index contributed by atoms with van der Waals surface area (Å²) in [6.07, 6.45) is 0. The van der Waals surface area contributed by atoms with Gasteiger partial charge in [0.1, 0.15) is 23.3 Å². The molecule has 28 heavy (non-hydrogen) atoms. The molecule has 0 spiro atoms. The largest absolute Gasteiger partial charge is 0.457 e. The predicted molar refractivity (Wildman–Crippen MR) is 104 cm³/mol. The second-order valence-corrected chi connectivity index (χ2v) is 6.19. The van der Waals surface area contributed by atoms with Crippen LogP contribution in [-0.4, -0.2) is 10.5 Å². The van der Waals surface area contributed by atoms with E-state index in [1.165, 1.54) is 4.57 Å². The quantitative estimate of drug-likeness (QED) is 0.378. The molecule has 0 saturated carbocycles. The molecule has 1 heterocycles. The minimum Gasteiger partial charge on any atom is -0.457 e. The number of oxazole rings is 1. The first-order chi connectivity index (χ1) is 13.6. The molecule has 140 valence electrons. The van der Waals surface area contributed by atoms with Crippen LogP contribution in [0.15, 0.2) is 88.1 Å². The molecule has 0 saturated heterocycles. The Kier molecular flexibility index (Phi) is 4.68. The van der Waals surface area contributed by atoms with Crippen molar-refractivity contribution in [3.05, 3.63) is 89.4 Å². The van der Waals surface area contributed by atoms with Crippen LogP contribution < -0.4 is 15.2 Å². The fourth-order valence-corrected chi connectivity index (χ4v) is 2.86. The van der Waals surface area contributed by atoms with Gasteiger partial charge in [-0.2, -0.15) is 0 Å². The predicted octanol–water partition coefficient (Wildman–Crippen LogP) is 4.55. The van der Waals surface area contributed by atoms with E-state index in [0.29, 0.717) is 28.3 Å². The molecular weight excluding hydrogens is 358 g/mol. The Morgan fingerprint density at radius 1 is 0.857 bits per heavy atom. The van der Waals surface area contributed by atoms with Gasteiger partial charge in [-0.3, -0.25) is 4.57 Å². The zero-order valence-electron chi connectivity index (χ0n) is 15.1. The standard InChI is InChI=1S/C22H17NO5/c1-15(23-19-9-5-6-10-20(19)28-22(23)25)21(24)27-18-13-11-17(12-14-18)26-16-7-3-2-4-8-16/h2-15H,1H3. The number of benzene rings is 3.